The summed E-state index contributed by atoms with van der Waals surface area (Å²) in [6, 6.07) is 11.9. The lowest BCUT2D eigenvalue weighted by Gasteiger charge is -2.06. The first-order valence-corrected chi connectivity index (χ1v) is 9.89. The molecule has 2 aromatic heterocycles. The minimum atomic E-state index is -0.890. The second-order valence-electron chi connectivity index (χ2n) is 7.38. The van der Waals surface area contributed by atoms with Crippen LogP contribution < -0.4 is 4.74 Å². The zero-order valence-electron chi connectivity index (χ0n) is 17.7. The standard InChI is InChI=1S/C22H18N6O5/c1-14(2)27-20-8-7-17(10-19(20)21(23-3)25-27)26-12-16(11-24-26)22(29)33-18-6-4-5-15(9-18)13-32-28(30)31/h4-12,14H,13H2,1-2H3. The van der Waals surface area contributed by atoms with Crippen LogP contribution in [0.25, 0.3) is 21.4 Å². The molecule has 0 saturated carbocycles. The molecule has 0 aliphatic heterocycles. The maximum atomic E-state index is 12.6. The summed E-state index contributed by atoms with van der Waals surface area (Å²) in [7, 11) is 0. The molecule has 0 fully saturated rings. The molecule has 11 heteroatoms. The first kappa shape index (κ1) is 21.5. The molecular formula is C22H18N6O5. The summed E-state index contributed by atoms with van der Waals surface area (Å²) in [5.41, 5.74) is 2.20. The molecule has 0 spiro atoms. The normalized spacial score (nSPS) is 10.8. The fraction of sp³-hybridized carbons (Fsp3) is 0.182. The molecule has 0 N–H and O–H groups in total. The van der Waals surface area contributed by atoms with Gasteiger partial charge in [0.2, 0.25) is 0 Å². The van der Waals surface area contributed by atoms with E-state index in [1.807, 2.05) is 26.0 Å². The van der Waals surface area contributed by atoms with E-state index in [9.17, 15) is 14.9 Å². The summed E-state index contributed by atoms with van der Waals surface area (Å²) in [5, 5.41) is 18.8. The average molecular weight is 446 g/mol. The number of rotatable bonds is 7. The van der Waals surface area contributed by atoms with Crippen molar-refractivity contribution in [3.63, 3.8) is 0 Å². The van der Waals surface area contributed by atoms with Crippen molar-refractivity contribution in [1.29, 1.82) is 0 Å². The number of carbonyl (C=O) groups excluding carboxylic acids is 1. The number of hydrogen-bond donors (Lipinski definition) is 0. The Kier molecular flexibility index (Phi) is 5.73. The predicted molar refractivity (Wildman–Crippen MR) is 117 cm³/mol. The van der Waals surface area contributed by atoms with Gasteiger partial charge in [0, 0.05) is 11.6 Å². The van der Waals surface area contributed by atoms with Gasteiger partial charge in [-0.25, -0.2) is 9.48 Å². The Bertz CT molecular complexity index is 1400. The molecule has 2 aromatic carbocycles. The van der Waals surface area contributed by atoms with Crippen LogP contribution in [0.4, 0.5) is 5.82 Å². The SMILES string of the molecule is [C-]#[N+]c1nn(C(C)C)c2ccc(-n3cc(C(=O)Oc4cccc(CO[N+](=O)[O-])c4)cn3)cc12. The lowest BCUT2D eigenvalue weighted by atomic mass is 10.2. The Labute approximate surface area is 187 Å². The third-order valence-electron chi connectivity index (χ3n) is 4.79. The van der Waals surface area contributed by atoms with Crippen LogP contribution in [0.15, 0.2) is 54.9 Å². The highest BCUT2D eigenvalue weighted by Gasteiger charge is 2.17. The van der Waals surface area contributed by atoms with E-state index in [0.29, 0.717) is 22.5 Å². The lowest BCUT2D eigenvalue weighted by Crippen LogP contribution is -2.08. The lowest BCUT2D eigenvalue weighted by molar-refractivity contribution is -0.763. The van der Waals surface area contributed by atoms with Gasteiger partial charge in [0.25, 0.3) is 5.09 Å². The van der Waals surface area contributed by atoms with Crippen molar-refractivity contribution >= 4 is 22.7 Å². The van der Waals surface area contributed by atoms with Crippen LogP contribution in [0.3, 0.4) is 0 Å². The summed E-state index contributed by atoms with van der Waals surface area (Å²) in [6.07, 6.45) is 2.90. The van der Waals surface area contributed by atoms with Crippen LogP contribution >= 0.6 is 0 Å². The van der Waals surface area contributed by atoms with Gasteiger partial charge in [0.05, 0.1) is 29.0 Å². The van der Waals surface area contributed by atoms with E-state index in [2.05, 4.69) is 19.9 Å². The van der Waals surface area contributed by atoms with Crippen LogP contribution in [0, 0.1) is 16.7 Å². The molecule has 33 heavy (non-hydrogen) atoms. The van der Waals surface area contributed by atoms with Crippen LogP contribution in [0.1, 0.15) is 35.8 Å². The number of aromatic nitrogens is 4. The van der Waals surface area contributed by atoms with Crippen molar-refractivity contribution in [2.45, 2.75) is 26.5 Å². The summed E-state index contributed by atoms with van der Waals surface area (Å²) in [5.74, 6) is -0.112. The molecule has 0 unspecified atom stereocenters. The Balaban J connectivity index is 1.55. The number of fused-ring (bicyclic) bond motifs is 1. The summed E-state index contributed by atoms with van der Waals surface area (Å²) < 4.78 is 8.67. The molecule has 0 saturated heterocycles. The Hall–Kier alpha value is -4.72. The smallest absolute Gasteiger partial charge is 0.346 e. The van der Waals surface area contributed by atoms with Gasteiger partial charge >= 0.3 is 11.8 Å². The molecule has 4 aromatic rings. The van der Waals surface area contributed by atoms with E-state index >= 15 is 0 Å². The van der Waals surface area contributed by atoms with Crippen LogP contribution in [0.5, 0.6) is 5.75 Å². The highest BCUT2D eigenvalue weighted by molar-refractivity contribution is 5.93. The van der Waals surface area contributed by atoms with Crippen molar-refractivity contribution in [3.05, 3.63) is 87.5 Å². The van der Waals surface area contributed by atoms with E-state index in [4.69, 9.17) is 11.3 Å². The van der Waals surface area contributed by atoms with Crippen molar-refractivity contribution in [1.82, 2.24) is 19.6 Å². The summed E-state index contributed by atoms with van der Waals surface area (Å²) >= 11 is 0. The third kappa shape index (κ3) is 4.49. The van der Waals surface area contributed by atoms with Gasteiger partial charge < -0.3 is 14.4 Å². The minimum absolute atomic E-state index is 0.101. The molecule has 0 atom stereocenters. The number of benzene rings is 2. The second-order valence-corrected chi connectivity index (χ2v) is 7.38. The van der Waals surface area contributed by atoms with Gasteiger partial charge in [-0.15, -0.1) is 10.1 Å². The molecule has 0 aliphatic rings. The van der Waals surface area contributed by atoms with E-state index in [0.717, 1.165) is 5.52 Å². The Morgan fingerprint density at radius 1 is 1.27 bits per heavy atom. The number of nitrogens with zero attached hydrogens (tertiary/aromatic N) is 6. The predicted octanol–water partition coefficient (Wildman–Crippen LogP) is 4.28. The maximum absolute atomic E-state index is 12.6. The van der Waals surface area contributed by atoms with E-state index in [-0.39, 0.29) is 24.0 Å². The second kappa shape index (κ2) is 8.80. The van der Waals surface area contributed by atoms with E-state index in [1.54, 1.807) is 28.9 Å². The van der Waals surface area contributed by atoms with Crippen molar-refractivity contribution < 1.29 is 19.5 Å². The summed E-state index contributed by atoms with van der Waals surface area (Å²) in [6.45, 7) is 11.1. The zero-order chi connectivity index (χ0) is 23.5. The van der Waals surface area contributed by atoms with Crippen LogP contribution in [-0.4, -0.2) is 30.6 Å². The molecule has 166 valence electrons. The van der Waals surface area contributed by atoms with E-state index in [1.165, 1.54) is 23.1 Å². The highest BCUT2D eigenvalue weighted by atomic mass is 16.9. The van der Waals surface area contributed by atoms with E-state index < -0.39 is 11.1 Å². The maximum Gasteiger partial charge on any atom is 0.346 e. The first-order valence-electron chi connectivity index (χ1n) is 9.89. The van der Waals surface area contributed by atoms with Crippen molar-refractivity contribution in [2.75, 3.05) is 0 Å². The third-order valence-corrected chi connectivity index (χ3v) is 4.79. The molecule has 0 aliphatic carbocycles. The number of ether oxygens (including phenoxy) is 1. The average Bonchev–Trinajstić information content (AvgIpc) is 3.43. The van der Waals surface area contributed by atoms with Gasteiger partial charge in [0.15, 0.2) is 0 Å². The molecule has 0 radical (unpaired) electrons. The van der Waals surface area contributed by atoms with Crippen LogP contribution in [0.2, 0.25) is 0 Å². The van der Waals surface area contributed by atoms with Crippen molar-refractivity contribution in [2.24, 2.45) is 0 Å². The van der Waals surface area contributed by atoms with Crippen molar-refractivity contribution in [3.8, 4) is 11.4 Å². The Morgan fingerprint density at radius 3 is 2.82 bits per heavy atom. The number of hydrogen-bond acceptors (Lipinski definition) is 7. The van der Waals surface area contributed by atoms with Gasteiger partial charge in [-0.05, 0) is 54.8 Å². The quantitative estimate of drug-likeness (QED) is 0.137. The molecular weight excluding hydrogens is 428 g/mol. The summed E-state index contributed by atoms with van der Waals surface area (Å²) in [4.78, 5) is 30.8. The van der Waals surface area contributed by atoms with Gasteiger partial charge in [-0.3, -0.25) is 0 Å². The topological polar surface area (TPSA) is 119 Å². The molecule has 2 heterocycles. The largest absolute Gasteiger partial charge is 0.423 e. The molecule has 11 nitrogen and oxygen atoms in total. The van der Waals surface area contributed by atoms with Crippen LogP contribution in [-0.2, 0) is 11.4 Å². The molecule has 0 amide bonds. The fourth-order valence-electron chi connectivity index (χ4n) is 3.29. The van der Waals surface area contributed by atoms with Gasteiger partial charge in [-0.2, -0.15) is 9.78 Å². The number of carbonyl (C=O) groups is 1. The number of esters is 1. The molecule has 4 rings (SSSR count). The zero-order valence-corrected chi connectivity index (χ0v) is 17.7. The monoisotopic (exact) mass is 446 g/mol. The van der Waals surface area contributed by atoms with Gasteiger partial charge in [-0.1, -0.05) is 18.7 Å². The Morgan fingerprint density at radius 2 is 2.09 bits per heavy atom. The fourth-order valence-corrected chi connectivity index (χ4v) is 3.29. The molecule has 0 bridgehead atoms. The highest BCUT2D eigenvalue weighted by Crippen LogP contribution is 2.29. The van der Waals surface area contributed by atoms with Gasteiger partial charge in [0.1, 0.15) is 12.4 Å². The first-order chi connectivity index (χ1) is 15.9. The minimum Gasteiger partial charge on any atom is -0.423 e.